The van der Waals surface area contributed by atoms with E-state index in [0.717, 1.165) is 35.4 Å². The van der Waals surface area contributed by atoms with Gasteiger partial charge in [-0.2, -0.15) is 4.98 Å². The molecule has 3 N–H and O–H groups in total. The van der Waals surface area contributed by atoms with Gasteiger partial charge in [0.2, 0.25) is 11.9 Å². The summed E-state index contributed by atoms with van der Waals surface area (Å²) >= 11 is 3.49. The van der Waals surface area contributed by atoms with E-state index in [2.05, 4.69) is 31.2 Å². The van der Waals surface area contributed by atoms with Crippen LogP contribution in [0.2, 0.25) is 0 Å². The summed E-state index contributed by atoms with van der Waals surface area (Å²) in [6, 6.07) is 6.83. The molecule has 0 bridgehead atoms. The molecule has 0 saturated carbocycles. The third kappa shape index (κ3) is 4.59. The molecule has 9 heteroatoms. The number of halogens is 2. The lowest BCUT2D eigenvalue weighted by atomic mass is 10.2. The van der Waals surface area contributed by atoms with E-state index in [-0.39, 0.29) is 18.6 Å². The number of carbonyl (C=O) groups is 1. The highest BCUT2D eigenvalue weighted by Gasteiger charge is 2.23. The molecule has 3 rings (SSSR count). The average molecular weight is 429 g/mol. The van der Waals surface area contributed by atoms with Gasteiger partial charge in [0.25, 0.3) is 0 Å². The van der Waals surface area contributed by atoms with E-state index >= 15 is 0 Å². The number of anilines is 3. The van der Waals surface area contributed by atoms with Crippen LogP contribution in [-0.2, 0) is 4.74 Å². The largest absolute Gasteiger partial charge is 0.366 e. The molecule has 1 aromatic carbocycles. The summed E-state index contributed by atoms with van der Waals surface area (Å²) in [5.74, 6) is 0.764. The highest BCUT2D eigenvalue weighted by atomic mass is 79.9. The first-order valence-corrected chi connectivity index (χ1v) is 8.38. The van der Waals surface area contributed by atoms with Gasteiger partial charge in [-0.15, -0.1) is 12.4 Å². The Hall–Kier alpha value is -1.90. The molecular formula is C16H19BrClN5O2. The van der Waals surface area contributed by atoms with Crippen LogP contribution in [0.5, 0.6) is 0 Å². The summed E-state index contributed by atoms with van der Waals surface area (Å²) < 4.78 is 6.50. The third-order valence-electron chi connectivity index (χ3n) is 3.82. The van der Waals surface area contributed by atoms with Crippen LogP contribution in [0.25, 0.3) is 0 Å². The lowest BCUT2D eigenvalue weighted by Gasteiger charge is -2.25. The van der Waals surface area contributed by atoms with Crippen LogP contribution in [0.3, 0.4) is 0 Å². The van der Waals surface area contributed by atoms with Crippen molar-refractivity contribution in [2.75, 3.05) is 23.9 Å². The Kier molecular flexibility index (Phi) is 6.57. The number of rotatable bonds is 5. The number of nitrogens with two attached hydrogens (primary N) is 1. The fraction of sp³-hybridized carbons (Fsp3) is 0.312. The predicted octanol–water partition coefficient (Wildman–Crippen LogP) is 3.08. The minimum absolute atomic E-state index is 0. The van der Waals surface area contributed by atoms with Crippen molar-refractivity contribution in [1.29, 1.82) is 0 Å². The van der Waals surface area contributed by atoms with E-state index in [9.17, 15) is 4.79 Å². The number of nitrogens with one attached hydrogen (secondary N) is 1. The Balaban J connectivity index is 0.00000225. The summed E-state index contributed by atoms with van der Waals surface area (Å²) in [5, 5.41) is 3.12. The number of aromatic nitrogens is 2. The fourth-order valence-electron chi connectivity index (χ4n) is 2.52. The van der Waals surface area contributed by atoms with E-state index in [1.807, 2.05) is 11.9 Å². The van der Waals surface area contributed by atoms with Gasteiger partial charge in [0.1, 0.15) is 12.0 Å². The predicted molar refractivity (Wildman–Crippen MR) is 103 cm³/mol. The van der Waals surface area contributed by atoms with E-state index in [1.165, 1.54) is 0 Å². The maximum absolute atomic E-state index is 11.1. The Morgan fingerprint density at radius 3 is 2.72 bits per heavy atom. The van der Waals surface area contributed by atoms with Crippen molar-refractivity contribution in [3.8, 4) is 0 Å². The van der Waals surface area contributed by atoms with Crippen molar-refractivity contribution in [3.05, 3.63) is 40.5 Å². The van der Waals surface area contributed by atoms with Crippen molar-refractivity contribution < 1.29 is 9.53 Å². The molecule has 7 nitrogen and oxygen atoms in total. The summed E-state index contributed by atoms with van der Waals surface area (Å²) in [4.78, 5) is 21.9. The molecule has 25 heavy (non-hydrogen) atoms. The quantitative estimate of drug-likeness (QED) is 0.760. The van der Waals surface area contributed by atoms with Crippen LogP contribution in [0, 0.1) is 0 Å². The van der Waals surface area contributed by atoms with Gasteiger partial charge in [0.05, 0.1) is 4.47 Å². The average Bonchev–Trinajstić information content (AvgIpc) is 3.11. The monoisotopic (exact) mass is 427 g/mol. The minimum atomic E-state index is -0.457. The number of benzene rings is 1. The number of hydrogen-bond donors (Lipinski definition) is 2. The van der Waals surface area contributed by atoms with E-state index in [0.29, 0.717) is 11.5 Å². The van der Waals surface area contributed by atoms with Crippen LogP contribution in [-0.4, -0.2) is 35.8 Å². The fourth-order valence-corrected chi connectivity index (χ4v) is 2.99. The second-order valence-electron chi connectivity index (χ2n) is 5.51. The normalized spacial score (nSPS) is 16.2. The first-order valence-electron chi connectivity index (χ1n) is 7.58. The molecule has 1 aliphatic rings. The highest BCUT2D eigenvalue weighted by molar-refractivity contribution is 9.10. The minimum Gasteiger partial charge on any atom is -0.366 e. The standard InChI is InChI=1S/C16H18BrN5O2.ClH/c1-22(13-3-2-8-24-13)15-12(17)9-19-16(21-15)20-11-6-4-10(5-7-11)14(18)23;/h4-7,9,13H,2-3,8H2,1H3,(H2,18,23)(H,19,20,21);1H. The zero-order chi connectivity index (χ0) is 17.1. The van der Waals surface area contributed by atoms with Gasteiger partial charge >= 0.3 is 0 Å². The highest BCUT2D eigenvalue weighted by Crippen LogP contribution is 2.28. The molecule has 2 heterocycles. The van der Waals surface area contributed by atoms with Crippen molar-refractivity contribution in [3.63, 3.8) is 0 Å². The first kappa shape index (κ1) is 19.4. The Morgan fingerprint density at radius 2 is 2.12 bits per heavy atom. The number of hydrogen-bond acceptors (Lipinski definition) is 6. The lowest BCUT2D eigenvalue weighted by molar-refractivity contribution is 0.1000. The zero-order valence-electron chi connectivity index (χ0n) is 13.6. The molecule has 1 atom stereocenters. The van der Waals surface area contributed by atoms with Crippen LogP contribution in [0.4, 0.5) is 17.5 Å². The number of amides is 1. The number of nitrogens with zero attached hydrogens (tertiary/aromatic N) is 3. The maximum Gasteiger partial charge on any atom is 0.248 e. The molecule has 1 amide bonds. The van der Waals surface area contributed by atoms with Gasteiger partial charge in [-0.05, 0) is 53.0 Å². The molecule has 2 aromatic rings. The number of primary amides is 1. The second kappa shape index (κ2) is 8.46. The molecule has 1 unspecified atom stereocenters. The molecule has 0 spiro atoms. The van der Waals surface area contributed by atoms with Gasteiger partial charge in [0, 0.05) is 31.1 Å². The van der Waals surface area contributed by atoms with Crippen LogP contribution >= 0.6 is 28.3 Å². The van der Waals surface area contributed by atoms with E-state index < -0.39 is 5.91 Å². The Morgan fingerprint density at radius 1 is 1.40 bits per heavy atom. The smallest absolute Gasteiger partial charge is 0.248 e. The van der Waals surface area contributed by atoms with E-state index in [1.54, 1.807) is 30.5 Å². The molecule has 134 valence electrons. The first-order chi connectivity index (χ1) is 11.5. The summed E-state index contributed by atoms with van der Waals surface area (Å²) in [6.45, 7) is 0.773. The van der Waals surface area contributed by atoms with Gasteiger partial charge in [-0.1, -0.05) is 0 Å². The Bertz CT molecular complexity index is 738. The SMILES string of the molecule is CN(c1nc(Nc2ccc(C(N)=O)cc2)ncc1Br)C1CCCO1.Cl. The van der Waals surface area contributed by atoms with Crippen LogP contribution in [0.1, 0.15) is 23.2 Å². The molecule has 1 fully saturated rings. The van der Waals surface area contributed by atoms with Crippen molar-refractivity contribution in [2.24, 2.45) is 5.73 Å². The molecule has 0 radical (unpaired) electrons. The third-order valence-corrected chi connectivity index (χ3v) is 4.38. The molecule has 0 aliphatic carbocycles. The molecule has 1 aliphatic heterocycles. The van der Waals surface area contributed by atoms with Gasteiger partial charge < -0.3 is 20.7 Å². The number of ether oxygens (including phenoxy) is 1. The lowest BCUT2D eigenvalue weighted by Crippen LogP contribution is -2.31. The topological polar surface area (TPSA) is 93.4 Å². The Labute approximate surface area is 160 Å². The molecule has 1 saturated heterocycles. The van der Waals surface area contributed by atoms with Crippen molar-refractivity contribution >= 4 is 51.7 Å². The summed E-state index contributed by atoms with van der Waals surface area (Å²) in [5.41, 5.74) is 6.47. The second-order valence-corrected chi connectivity index (χ2v) is 6.36. The van der Waals surface area contributed by atoms with Gasteiger partial charge in [0.15, 0.2) is 0 Å². The van der Waals surface area contributed by atoms with Gasteiger partial charge in [-0.25, -0.2) is 4.98 Å². The van der Waals surface area contributed by atoms with E-state index in [4.69, 9.17) is 10.5 Å². The van der Waals surface area contributed by atoms with Crippen LogP contribution < -0.4 is 16.0 Å². The molecular weight excluding hydrogens is 410 g/mol. The van der Waals surface area contributed by atoms with Crippen molar-refractivity contribution in [1.82, 2.24) is 9.97 Å². The van der Waals surface area contributed by atoms with Crippen molar-refractivity contribution in [2.45, 2.75) is 19.1 Å². The maximum atomic E-state index is 11.1. The zero-order valence-corrected chi connectivity index (χ0v) is 16.0. The van der Waals surface area contributed by atoms with Crippen LogP contribution in [0.15, 0.2) is 34.9 Å². The summed E-state index contributed by atoms with van der Waals surface area (Å²) in [6.07, 6.45) is 3.76. The number of carbonyl (C=O) groups excluding carboxylic acids is 1. The summed E-state index contributed by atoms with van der Waals surface area (Å²) in [7, 11) is 1.95. The molecule has 1 aromatic heterocycles. The van der Waals surface area contributed by atoms with Gasteiger partial charge in [-0.3, -0.25) is 4.79 Å².